The summed E-state index contributed by atoms with van der Waals surface area (Å²) in [6, 6.07) is -0.540. The van der Waals surface area contributed by atoms with Gasteiger partial charge in [0.15, 0.2) is 0 Å². The Morgan fingerprint density at radius 3 is 2.83 bits per heavy atom. The number of allylic oxidation sites excluding steroid dienone is 3. The predicted molar refractivity (Wildman–Crippen MR) is 69.5 cm³/mol. The molecule has 100 valence electrons. The summed E-state index contributed by atoms with van der Waals surface area (Å²) in [6.07, 6.45) is 9.44. The number of urea groups is 1. The van der Waals surface area contributed by atoms with Gasteiger partial charge in [-0.15, -0.1) is 0 Å². The Morgan fingerprint density at radius 1 is 1.56 bits per heavy atom. The van der Waals surface area contributed by atoms with Gasteiger partial charge in [0.25, 0.3) is 0 Å². The lowest BCUT2D eigenvalue weighted by Gasteiger charge is -2.26. The lowest BCUT2D eigenvalue weighted by Crippen LogP contribution is -2.34. The first kappa shape index (κ1) is 13.1. The Bertz CT molecular complexity index is 359. The Kier molecular flexibility index (Phi) is 4.38. The fourth-order valence-electron chi connectivity index (χ4n) is 2.53. The van der Waals surface area contributed by atoms with Gasteiger partial charge >= 0.3 is 6.03 Å². The molecule has 2 aliphatic rings. The van der Waals surface area contributed by atoms with Crippen molar-refractivity contribution in [3.63, 3.8) is 0 Å². The van der Waals surface area contributed by atoms with Gasteiger partial charge in [0, 0.05) is 18.8 Å². The number of hydrogen-bond acceptors (Lipinski definition) is 3. The normalized spacial score (nSPS) is 25.8. The molecule has 4 N–H and O–H groups in total. The lowest BCUT2D eigenvalue weighted by atomic mass is 9.95. The maximum atomic E-state index is 10.7. The number of likely N-dealkylation sites (tertiary alicyclic amines) is 1. The molecule has 0 aromatic carbocycles. The Labute approximate surface area is 107 Å². The molecular weight excluding hydrogens is 230 g/mol. The highest BCUT2D eigenvalue weighted by atomic mass is 16.3. The molecule has 0 bridgehead atoms. The van der Waals surface area contributed by atoms with Crippen LogP contribution in [0.5, 0.6) is 0 Å². The molecule has 1 aliphatic carbocycles. The zero-order valence-corrected chi connectivity index (χ0v) is 10.5. The van der Waals surface area contributed by atoms with E-state index in [1.165, 1.54) is 12.8 Å². The van der Waals surface area contributed by atoms with Crippen LogP contribution in [-0.4, -0.2) is 35.4 Å². The molecule has 1 unspecified atom stereocenters. The summed E-state index contributed by atoms with van der Waals surface area (Å²) in [5.41, 5.74) is 5.79. The summed E-state index contributed by atoms with van der Waals surface area (Å²) in [5, 5.41) is 12.6. The molecule has 0 aromatic heterocycles. The molecule has 0 saturated carbocycles. The van der Waals surface area contributed by atoms with Crippen LogP contribution < -0.4 is 11.1 Å². The molecule has 2 atom stereocenters. The number of nitrogens with zero attached hydrogens (tertiary/aromatic N) is 1. The van der Waals surface area contributed by atoms with Crippen molar-refractivity contribution < 1.29 is 9.90 Å². The van der Waals surface area contributed by atoms with E-state index in [0.29, 0.717) is 5.92 Å². The number of carbonyl (C=O) groups excluding carboxylic acids is 1. The average Bonchev–Trinajstić information content (AvgIpc) is 2.84. The number of nitrogens with one attached hydrogen (secondary N) is 1. The molecule has 1 heterocycles. The van der Waals surface area contributed by atoms with Crippen molar-refractivity contribution in [1.82, 2.24) is 10.2 Å². The van der Waals surface area contributed by atoms with Crippen molar-refractivity contribution >= 4 is 6.03 Å². The molecule has 0 radical (unpaired) electrons. The van der Waals surface area contributed by atoms with Gasteiger partial charge in [0.1, 0.15) is 6.23 Å². The maximum Gasteiger partial charge on any atom is 0.316 e. The second kappa shape index (κ2) is 6.02. The molecule has 18 heavy (non-hydrogen) atoms. The summed E-state index contributed by atoms with van der Waals surface area (Å²) >= 11 is 0. The van der Waals surface area contributed by atoms with Gasteiger partial charge < -0.3 is 16.2 Å². The Balaban J connectivity index is 1.78. The molecule has 0 spiro atoms. The van der Waals surface area contributed by atoms with Crippen LogP contribution in [0.4, 0.5) is 4.79 Å². The van der Waals surface area contributed by atoms with Crippen LogP contribution in [-0.2, 0) is 0 Å². The van der Waals surface area contributed by atoms with Gasteiger partial charge in [-0.2, -0.15) is 0 Å². The SMILES string of the molecule is NC(=O)NC1=CC[C@@H](CC(O)N2CCCC2)C=C1. The smallest absolute Gasteiger partial charge is 0.316 e. The number of aliphatic hydroxyl groups excluding tert-OH is 1. The molecule has 1 saturated heterocycles. The van der Waals surface area contributed by atoms with E-state index in [2.05, 4.69) is 10.2 Å². The highest BCUT2D eigenvalue weighted by Gasteiger charge is 2.22. The summed E-state index contributed by atoms with van der Waals surface area (Å²) in [4.78, 5) is 12.8. The molecule has 1 fully saturated rings. The van der Waals surface area contributed by atoms with Crippen LogP contribution in [0.15, 0.2) is 23.9 Å². The van der Waals surface area contributed by atoms with Crippen molar-refractivity contribution in [2.45, 2.75) is 31.9 Å². The van der Waals surface area contributed by atoms with Crippen molar-refractivity contribution in [2.75, 3.05) is 13.1 Å². The van der Waals surface area contributed by atoms with Gasteiger partial charge in [-0.05, 0) is 37.7 Å². The minimum atomic E-state index is -0.540. The number of amides is 2. The van der Waals surface area contributed by atoms with Crippen LogP contribution in [0.3, 0.4) is 0 Å². The first-order valence-corrected chi connectivity index (χ1v) is 6.52. The van der Waals surface area contributed by atoms with Crippen LogP contribution in [0.2, 0.25) is 0 Å². The van der Waals surface area contributed by atoms with E-state index in [1.807, 2.05) is 18.2 Å². The Hall–Kier alpha value is -1.33. The van der Waals surface area contributed by atoms with Crippen LogP contribution >= 0.6 is 0 Å². The van der Waals surface area contributed by atoms with Crippen molar-refractivity contribution in [3.8, 4) is 0 Å². The minimum Gasteiger partial charge on any atom is -0.378 e. The summed E-state index contributed by atoms with van der Waals surface area (Å²) in [5.74, 6) is 0.332. The van der Waals surface area contributed by atoms with Crippen molar-refractivity contribution in [3.05, 3.63) is 23.9 Å². The topological polar surface area (TPSA) is 78.6 Å². The summed E-state index contributed by atoms with van der Waals surface area (Å²) in [6.45, 7) is 2.00. The fourth-order valence-corrected chi connectivity index (χ4v) is 2.53. The van der Waals surface area contributed by atoms with Gasteiger partial charge in [0.05, 0.1) is 0 Å². The summed E-state index contributed by atoms with van der Waals surface area (Å²) in [7, 11) is 0. The van der Waals surface area contributed by atoms with Gasteiger partial charge in [0.2, 0.25) is 0 Å². The van der Waals surface area contributed by atoms with Crippen LogP contribution in [0.1, 0.15) is 25.7 Å². The van der Waals surface area contributed by atoms with Crippen molar-refractivity contribution in [2.24, 2.45) is 11.7 Å². The quantitative estimate of drug-likeness (QED) is 0.695. The minimum absolute atomic E-state index is 0.332. The number of nitrogens with two attached hydrogens (primary N) is 1. The molecule has 2 rings (SSSR count). The predicted octanol–water partition coefficient (Wildman–Crippen LogP) is 0.919. The van der Waals surface area contributed by atoms with E-state index >= 15 is 0 Å². The standard InChI is InChI=1S/C13H21N3O2/c14-13(18)15-11-5-3-10(4-6-11)9-12(17)16-7-1-2-8-16/h3,5-6,10,12,17H,1-2,4,7-9H2,(H3,14,15,18)/t10-,12?/m0/s1. The first-order chi connectivity index (χ1) is 8.65. The molecular formula is C13H21N3O2. The lowest BCUT2D eigenvalue weighted by molar-refractivity contribution is 0.00592. The molecule has 1 aliphatic heterocycles. The molecule has 0 aromatic rings. The van der Waals surface area contributed by atoms with E-state index in [-0.39, 0.29) is 6.23 Å². The van der Waals surface area contributed by atoms with E-state index < -0.39 is 6.03 Å². The highest BCUT2D eigenvalue weighted by Crippen LogP contribution is 2.22. The molecule has 2 amide bonds. The fraction of sp³-hybridized carbons (Fsp3) is 0.615. The average molecular weight is 251 g/mol. The third kappa shape index (κ3) is 3.58. The van der Waals surface area contributed by atoms with E-state index in [4.69, 9.17) is 5.73 Å². The third-order valence-corrected chi connectivity index (χ3v) is 3.53. The second-order valence-electron chi connectivity index (χ2n) is 4.96. The second-order valence-corrected chi connectivity index (χ2v) is 4.96. The van der Waals surface area contributed by atoms with Gasteiger partial charge in [-0.3, -0.25) is 4.90 Å². The van der Waals surface area contributed by atoms with Gasteiger partial charge in [-0.1, -0.05) is 12.2 Å². The van der Waals surface area contributed by atoms with Crippen LogP contribution in [0.25, 0.3) is 0 Å². The van der Waals surface area contributed by atoms with E-state index in [0.717, 1.165) is 31.6 Å². The largest absolute Gasteiger partial charge is 0.378 e. The number of carbonyl (C=O) groups is 1. The molecule has 5 heteroatoms. The third-order valence-electron chi connectivity index (χ3n) is 3.53. The number of aliphatic hydroxyl groups is 1. The first-order valence-electron chi connectivity index (χ1n) is 6.52. The zero-order chi connectivity index (χ0) is 13.0. The van der Waals surface area contributed by atoms with E-state index in [9.17, 15) is 9.90 Å². The van der Waals surface area contributed by atoms with Crippen LogP contribution in [0, 0.1) is 5.92 Å². The van der Waals surface area contributed by atoms with E-state index in [1.54, 1.807) is 0 Å². The number of hydrogen-bond donors (Lipinski definition) is 3. The summed E-state index contributed by atoms with van der Waals surface area (Å²) < 4.78 is 0. The maximum absolute atomic E-state index is 10.7. The zero-order valence-electron chi connectivity index (χ0n) is 10.5. The molecule has 5 nitrogen and oxygen atoms in total. The Morgan fingerprint density at radius 2 is 2.28 bits per heavy atom. The number of primary amides is 1. The number of rotatable bonds is 4. The van der Waals surface area contributed by atoms with Crippen molar-refractivity contribution in [1.29, 1.82) is 0 Å². The van der Waals surface area contributed by atoms with Gasteiger partial charge in [-0.25, -0.2) is 4.79 Å². The highest BCUT2D eigenvalue weighted by molar-refractivity contribution is 5.74. The monoisotopic (exact) mass is 251 g/mol.